The molecule has 2 aliphatic rings. The smallest absolute Gasteiger partial charge is 0.286 e. The van der Waals surface area contributed by atoms with Crippen LogP contribution in [0.25, 0.3) is 17.4 Å². The number of anilines is 1. The summed E-state index contributed by atoms with van der Waals surface area (Å²) in [5, 5.41) is 1.83. The lowest BCUT2D eigenvalue weighted by molar-refractivity contribution is -0.113. The van der Waals surface area contributed by atoms with Crippen LogP contribution in [0.1, 0.15) is 11.3 Å². The van der Waals surface area contributed by atoms with E-state index in [4.69, 9.17) is 27.6 Å². The molecule has 0 N–H and O–H groups in total. The van der Waals surface area contributed by atoms with E-state index in [1.54, 1.807) is 18.2 Å². The lowest BCUT2D eigenvalue weighted by Gasteiger charge is -2.36. The van der Waals surface area contributed by atoms with Gasteiger partial charge in [0, 0.05) is 48.5 Å². The number of benzene rings is 2. The molecule has 3 heterocycles. The van der Waals surface area contributed by atoms with Gasteiger partial charge in [-0.25, -0.2) is 0 Å². The highest BCUT2D eigenvalue weighted by atomic mass is 35.5. The number of hydrogen-bond donors (Lipinski definition) is 0. The Balaban J connectivity index is 1.24. The van der Waals surface area contributed by atoms with E-state index in [1.165, 1.54) is 23.0 Å². The second-order valence-corrected chi connectivity index (χ2v) is 9.80. The van der Waals surface area contributed by atoms with Crippen LogP contribution in [0.3, 0.4) is 0 Å². The van der Waals surface area contributed by atoms with Crippen LogP contribution in [0.2, 0.25) is 10.0 Å². The monoisotopic (exact) mass is 497 g/mol. The standard InChI is InChI=1S/C25H21Cl2N3O2S/c1-16-3-2-4-18(13-16)29-9-11-30(12-10-29)25-28-24(31)23(33-25)15-19-6-8-22(32-19)20-7-5-17(26)14-21(20)27/h2-8,13-15H,9-12H2,1H3/b23-15+. The lowest BCUT2D eigenvalue weighted by atomic mass is 10.2. The van der Waals surface area contributed by atoms with Crippen molar-refractivity contribution in [2.45, 2.75) is 6.92 Å². The molecule has 0 spiro atoms. The summed E-state index contributed by atoms with van der Waals surface area (Å²) in [6, 6.07) is 17.4. The first kappa shape index (κ1) is 22.1. The molecule has 1 saturated heterocycles. The van der Waals surface area contributed by atoms with Gasteiger partial charge in [-0.3, -0.25) is 4.79 Å². The molecule has 2 aliphatic heterocycles. The second-order valence-electron chi connectivity index (χ2n) is 7.95. The summed E-state index contributed by atoms with van der Waals surface area (Å²) in [7, 11) is 0. The van der Waals surface area contributed by atoms with E-state index in [9.17, 15) is 4.79 Å². The zero-order chi connectivity index (χ0) is 22.9. The van der Waals surface area contributed by atoms with Gasteiger partial charge in [-0.05, 0) is 66.7 Å². The first-order valence-electron chi connectivity index (χ1n) is 10.6. The molecule has 0 saturated carbocycles. The first-order chi connectivity index (χ1) is 16.0. The van der Waals surface area contributed by atoms with E-state index < -0.39 is 0 Å². The van der Waals surface area contributed by atoms with E-state index in [0.717, 1.165) is 36.9 Å². The van der Waals surface area contributed by atoms with E-state index in [1.807, 2.05) is 18.2 Å². The molecule has 5 rings (SSSR count). The minimum Gasteiger partial charge on any atom is -0.457 e. The number of nitrogens with zero attached hydrogens (tertiary/aromatic N) is 3. The zero-order valence-electron chi connectivity index (χ0n) is 17.9. The van der Waals surface area contributed by atoms with Crippen LogP contribution in [0.4, 0.5) is 5.69 Å². The maximum Gasteiger partial charge on any atom is 0.286 e. The maximum absolute atomic E-state index is 12.5. The summed E-state index contributed by atoms with van der Waals surface area (Å²) < 4.78 is 5.91. The number of carbonyl (C=O) groups is 1. The molecule has 0 bridgehead atoms. The molecule has 0 radical (unpaired) electrons. The SMILES string of the molecule is Cc1cccc(N2CCN(C3=NC(=O)/C(=C\c4ccc(-c5ccc(Cl)cc5Cl)o4)S3)CC2)c1. The maximum atomic E-state index is 12.5. The van der Waals surface area contributed by atoms with E-state index in [-0.39, 0.29) is 5.91 Å². The van der Waals surface area contributed by atoms with Crippen molar-refractivity contribution >= 4 is 57.8 Å². The Kier molecular flexibility index (Phi) is 6.23. The van der Waals surface area contributed by atoms with Crippen LogP contribution in [0, 0.1) is 6.92 Å². The van der Waals surface area contributed by atoms with E-state index in [2.05, 4.69) is 46.0 Å². The Morgan fingerprint density at radius 2 is 1.79 bits per heavy atom. The fourth-order valence-electron chi connectivity index (χ4n) is 3.91. The third-order valence-electron chi connectivity index (χ3n) is 5.62. The largest absolute Gasteiger partial charge is 0.457 e. The molecule has 0 aliphatic carbocycles. The molecule has 3 aromatic rings. The molecular weight excluding hydrogens is 477 g/mol. The second kappa shape index (κ2) is 9.29. The Bertz CT molecular complexity index is 1280. The van der Waals surface area contributed by atoms with Crippen molar-refractivity contribution in [1.29, 1.82) is 0 Å². The third-order valence-corrected chi connectivity index (χ3v) is 7.22. The predicted molar refractivity (Wildman–Crippen MR) is 137 cm³/mol. The number of thioether (sulfide) groups is 1. The topological polar surface area (TPSA) is 49.0 Å². The van der Waals surface area contributed by atoms with Crippen LogP contribution >= 0.6 is 35.0 Å². The summed E-state index contributed by atoms with van der Waals surface area (Å²) in [6.45, 7) is 5.52. The number of rotatable bonds is 3. The molecule has 1 amide bonds. The van der Waals surface area contributed by atoms with Gasteiger partial charge in [0.25, 0.3) is 5.91 Å². The van der Waals surface area contributed by atoms with Crippen molar-refractivity contribution in [2.75, 3.05) is 31.1 Å². The Morgan fingerprint density at radius 3 is 2.55 bits per heavy atom. The van der Waals surface area contributed by atoms with E-state index >= 15 is 0 Å². The Hall–Kier alpha value is -2.67. The summed E-state index contributed by atoms with van der Waals surface area (Å²) in [5.41, 5.74) is 3.24. The van der Waals surface area contributed by atoms with Gasteiger partial charge in [0.2, 0.25) is 0 Å². The van der Waals surface area contributed by atoms with Gasteiger partial charge in [0.1, 0.15) is 11.5 Å². The zero-order valence-corrected chi connectivity index (χ0v) is 20.3. The quantitative estimate of drug-likeness (QED) is 0.394. The first-order valence-corrected chi connectivity index (χ1v) is 12.2. The Labute approximate surface area is 206 Å². The van der Waals surface area contributed by atoms with Crippen molar-refractivity contribution in [2.24, 2.45) is 4.99 Å². The molecule has 0 atom stereocenters. The molecule has 5 nitrogen and oxygen atoms in total. The van der Waals surface area contributed by atoms with Crippen LogP contribution in [0.5, 0.6) is 0 Å². The number of aliphatic imine (C=N–C) groups is 1. The van der Waals surface area contributed by atoms with Gasteiger partial charge < -0.3 is 14.2 Å². The van der Waals surface area contributed by atoms with Crippen LogP contribution in [0.15, 0.2) is 68.9 Å². The van der Waals surface area contributed by atoms with Crippen molar-refractivity contribution in [3.8, 4) is 11.3 Å². The number of halogens is 2. The van der Waals surface area contributed by atoms with Gasteiger partial charge in [0.05, 0.1) is 9.93 Å². The Morgan fingerprint density at radius 1 is 1.00 bits per heavy atom. The van der Waals surface area contributed by atoms with Crippen molar-refractivity contribution in [3.63, 3.8) is 0 Å². The van der Waals surface area contributed by atoms with Crippen LogP contribution in [-0.4, -0.2) is 42.2 Å². The van der Waals surface area contributed by atoms with Crippen LogP contribution in [-0.2, 0) is 4.79 Å². The number of piperazine rings is 1. The molecule has 2 aromatic carbocycles. The van der Waals surface area contributed by atoms with Crippen molar-refractivity contribution in [1.82, 2.24) is 4.90 Å². The number of carbonyl (C=O) groups excluding carboxylic acids is 1. The number of aryl methyl sites for hydroxylation is 1. The van der Waals surface area contributed by atoms with Crippen molar-refractivity contribution in [3.05, 3.63) is 80.9 Å². The predicted octanol–water partition coefficient (Wildman–Crippen LogP) is 6.35. The number of furan rings is 1. The molecule has 168 valence electrons. The minimum atomic E-state index is -0.237. The normalized spacial score (nSPS) is 17.7. The molecule has 8 heteroatoms. The summed E-state index contributed by atoms with van der Waals surface area (Å²) >= 11 is 13.7. The van der Waals surface area contributed by atoms with Crippen LogP contribution < -0.4 is 4.90 Å². The third kappa shape index (κ3) is 4.83. The summed E-state index contributed by atoms with van der Waals surface area (Å²) in [5.74, 6) is 0.957. The lowest BCUT2D eigenvalue weighted by Crippen LogP contribution is -2.47. The minimum absolute atomic E-state index is 0.237. The molecule has 0 unspecified atom stereocenters. The van der Waals surface area contributed by atoms with Gasteiger partial charge in [-0.15, -0.1) is 0 Å². The summed E-state index contributed by atoms with van der Waals surface area (Å²) in [6.07, 6.45) is 1.74. The summed E-state index contributed by atoms with van der Waals surface area (Å²) in [4.78, 5) is 21.9. The number of amides is 1. The molecule has 1 fully saturated rings. The molecule has 1 aromatic heterocycles. The fourth-order valence-corrected chi connectivity index (χ4v) is 5.35. The highest BCUT2D eigenvalue weighted by Crippen LogP contribution is 2.34. The fraction of sp³-hybridized carbons (Fsp3) is 0.200. The average molecular weight is 498 g/mol. The van der Waals surface area contributed by atoms with Gasteiger partial charge in [-0.1, -0.05) is 35.3 Å². The van der Waals surface area contributed by atoms with E-state index in [0.29, 0.717) is 26.5 Å². The number of hydrogen-bond acceptors (Lipinski definition) is 5. The molecular formula is C25H21Cl2N3O2S. The van der Waals surface area contributed by atoms with Crippen molar-refractivity contribution < 1.29 is 9.21 Å². The average Bonchev–Trinajstić information content (AvgIpc) is 3.41. The highest BCUT2D eigenvalue weighted by Gasteiger charge is 2.29. The van der Waals surface area contributed by atoms with Gasteiger partial charge >= 0.3 is 0 Å². The highest BCUT2D eigenvalue weighted by molar-refractivity contribution is 8.18. The number of amidine groups is 1. The molecule has 33 heavy (non-hydrogen) atoms. The van der Waals surface area contributed by atoms with Gasteiger partial charge in [0.15, 0.2) is 5.17 Å². The van der Waals surface area contributed by atoms with Gasteiger partial charge in [-0.2, -0.15) is 4.99 Å².